The molecule has 1 amide bonds. The number of hydrogen-bond acceptors (Lipinski definition) is 4. The van der Waals surface area contributed by atoms with Crippen molar-refractivity contribution < 1.29 is 26.4 Å². The highest BCUT2D eigenvalue weighted by atomic mass is 32.2. The number of carbonyl (C=O) groups is 1. The van der Waals surface area contributed by atoms with Gasteiger partial charge in [0.1, 0.15) is 0 Å². The van der Waals surface area contributed by atoms with Crippen molar-refractivity contribution in [2.75, 3.05) is 0 Å². The molecule has 3 rings (SSSR count). The second-order valence-corrected chi connectivity index (χ2v) is 12.2. The second kappa shape index (κ2) is 8.73. The molecule has 2 fully saturated rings. The lowest BCUT2D eigenvalue weighted by atomic mass is 9.75. The van der Waals surface area contributed by atoms with Gasteiger partial charge in [0.25, 0.3) is 0 Å². The molecule has 3 N–H and O–H groups in total. The van der Waals surface area contributed by atoms with Crippen LogP contribution < -0.4 is 11.1 Å². The number of benzene rings is 1. The number of sulfone groups is 1. The van der Waals surface area contributed by atoms with Crippen molar-refractivity contribution in [3.05, 3.63) is 29.8 Å². The van der Waals surface area contributed by atoms with E-state index in [1.807, 2.05) is 0 Å². The van der Waals surface area contributed by atoms with Crippen LogP contribution in [-0.2, 0) is 20.8 Å². The van der Waals surface area contributed by atoms with Crippen LogP contribution >= 0.6 is 0 Å². The maximum Gasteiger partial charge on any atom is 0.416 e. The lowest BCUT2D eigenvalue weighted by Crippen LogP contribution is -2.51. The summed E-state index contributed by atoms with van der Waals surface area (Å²) in [6.45, 7) is 3.10. The number of carbonyl (C=O) groups excluding carboxylic acids is 1. The number of nitrogens with one attached hydrogen (secondary N) is 1. The molecule has 5 nitrogen and oxygen atoms in total. The van der Waals surface area contributed by atoms with Gasteiger partial charge in [-0.3, -0.25) is 4.79 Å². The number of alkyl halides is 3. The van der Waals surface area contributed by atoms with E-state index in [2.05, 4.69) is 5.32 Å². The molecule has 1 aromatic rings. The summed E-state index contributed by atoms with van der Waals surface area (Å²) in [6.07, 6.45) is 0.742. The maximum absolute atomic E-state index is 13.1. The summed E-state index contributed by atoms with van der Waals surface area (Å²) in [5, 5.41) is 3.03. The van der Waals surface area contributed by atoms with E-state index >= 15 is 0 Å². The minimum Gasteiger partial charge on any atom is -0.353 e. The molecule has 0 heterocycles. The van der Waals surface area contributed by atoms with E-state index in [-0.39, 0.29) is 34.7 Å². The average Bonchev–Trinajstić information content (AvgIpc) is 2.65. The first-order valence-electron chi connectivity index (χ1n) is 10.8. The van der Waals surface area contributed by atoms with Crippen molar-refractivity contribution in [1.29, 1.82) is 0 Å². The van der Waals surface area contributed by atoms with Crippen LogP contribution in [0.4, 0.5) is 13.2 Å². The summed E-state index contributed by atoms with van der Waals surface area (Å²) in [5.74, 6) is -0.0991. The molecule has 9 heteroatoms. The Balaban J connectivity index is 1.58. The normalized spacial score (nSPS) is 27.4. The van der Waals surface area contributed by atoms with E-state index < -0.39 is 26.3 Å². The standard InChI is InChI=1S/C22H31F3N2O3S/c1-21(2,31(29,30)17-7-5-6-15(12-17)22(23,24)25)13-14-10-16(11-14)27-20(28)18-8-3-4-9-19(18)26/h5-7,12,14,16,18-19H,3-4,8-11,13,26H2,1-2H3,(H,27,28)/t14-,16-,18-,19-/m0/s1. The number of hydrogen-bond donors (Lipinski definition) is 2. The number of amides is 1. The van der Waals surface area contributed by atoms with Crippen LogP contribution in [0.2, 0.25) is 0 Å². The van der Waals surface area contributed by atoms with Crippen LogP contribution in [-0.4, -0.2) is 31.2 Å². The Morgan fingerprint density at radius 3 is 2.42 bits per heavy atom. The van der Waals surface area contributed by atoms with Gasteiger partial charge in [0, 0.05) is 12.1 Å². The average molecular weight is 461 g/mol. The fraction of sp³-hybridized carbons (Fsp3) is 0.682. The second-order valence-electron chi connectivity index (χ2n) is 9.59. The first-order valence-corrected chi connectivity index (χ1v) is 12.3. The van der Waals surface area contributed by atoms with Gasteiger partial charge in [-0.1, -0.05) is 18.9 Å². The van der Waals surface area contributed by atoms with Crippen LogP contribution in [0.5, 0.6) is 0 Å². The Labute approximate surface area is 181 Å². The predicted molar refractivity (Wildman–Crippen MR) is 112 cm³/mol. The van der Waals surface area contributed by atoms with Crippen LogP contribution in [0, 0.1) is 11.8 Å². The summed E-state index contributed by atoms with van der Waals surface area (Å²) >= 11 is 0. The molecule has 2 saturated carbocycles. The number of rotatable bonds is 6. The first kappa shape index (κ1) is 24.0. The highest BCUT2D eigenvalue weighted by molar-refractivity contribution is 7.92. The van der Waals surface area contributed by atoms with Crippen molar-refractivity contribution in [2.24, 2.45) is 17.6 Å². The smallest absolute Gasteiger partial charge is 0.353 e. The SMILES string of the molecule is CC(C)(C[C@H]1C[C@H](NC(=O)[C@H]2CCCC[C@@H]2N)C1)S(=O)(=O)c1cccc(C(F)(F)F)c1. The number of halogens is 3. The summed E-state index contributed by atoms with van der Waals surface area (Å²) in [5.41, 5.74) is 5.09. The molecule has 174 valence electrons. The Hall–Kier alpha value is -1.61. The van der Waals surface area contributed by atoms with Gasteiger partial charge in [0.15, 0.2) is 9.84 Å². The van der Waals surface area contributed by atoms with Crippen LogP contribution in [0.25, 0.3) is 0 Å². The molecule has 0 saturated heterocycles. The minimum atomic E-state index is -4.60. The van der Waals surface area contributed by atoms with E-state index in [0.717, 1.165) is 37.8 Å². The van der Waals surface area contributed by atoms with E-state index in [1.165, 1.54) is 6.07 Å². The van der Waals surface area contributed by atoms with Crippen LogP contribution in [0.1, 0.15) is 64.4 Å². The van der Waals surface area contributed by atoms with Gasteiger partial charge in [-0.05, 0) is 70.1 Å². The molecule has 0 radical (unpaired) electrons. The monoisotopic (exact) mass is 460 g/mol. The Morgan fingerprint density at radius 1 is 1.16 bits per heavy atom. The summed E-state index contributed by atoms with van der Waals surface area (Å²) in [4.78, 5) is 12.2. The third kappa shape index (κ3) is 5.25. The van der Waals surface area contributed by atoms with Crippen molar-refractivity contribution >= 4 is 15.7 Å². The van der Waals surface area contributed by atoms with Crippen LogP contribution in [0.15, 0.2) is 29.2 Å². The Bertz CT molecular complexity index is 909. The summed E-state index contributed by atoms with van der Waals surface area (Å²) in [6, 6.07) is 3.79. The highest BCUT2D eigenvalue weighted by Gasteiger charge is 2.43. The minimum absolute atomic E-state index is 0.00121. The molecule has 0 bridgehead atoms. The quantitative estimate of drug-likeness (QED) is 0.670. The van der Waals surface area contributed by atoms with Crippen molar-refractivity contribution in [2.45, 2.75) is 86.7 Å². The molecule has 31 heavy (non-hydrogen) atoms. The van der Waals surface area contributed by atoms with E-state index in [1.54, 1.807) is 13.8 Å². The topological polar surface area (TPSA) is 89.3 Å². The molecule has 1 aromatic carbocycles. The molecule has 0 unspecified atom stereocenters. The zero-order valence-corrected chi connectivity index (χ0v) is 18.7. The molecular weight excluding hydrogens is 429 g/mol. The fourth-order valence-corrected chi connectivity index (χ4v) is 6.41. The first-order chi connectivity index (χ1) is 14.3. The number of nitrogens with two attached hydrogens (primary N) is 1. The molecule has 2 aliphatic carbocycles. The highest BCUT2D eigenvalue weighted by Crippen LogP contribution is 2.40. The molecular formula is C22H31F3N2O3S. The lowest BCUT2D eigenvalue weighted by Gasteiger charge is -2.41. The molecule has 0 aliphatic heterocycles. The van der Waals surface area contributed by atoms with Gasteiger partial charge in [0.05, 0.1) is 21.1 Å². The van der Waals surface area contributed by atoms with Gasteiger partial charge in [-0.2, -0.15) is 13.2 Å². The van der Waals surface area contributed by atoms with Crippen molar-refractivity contribution in [1.82, 2.24) is 5.32 Å². The molecule has 0 spiro atoms. The molecule has 0 aromatic heterocycles. The van der Waals surface area contributed by atoms with Gasteiger partial charge in [-0.25, -0.2) is 8.42 Å². The van der Waals surface area contributed by atoms with Crippen molar-refractivity contribution in [3.63, 3.8) is 0 Å². The Morgan fingerprint density at radius 2 is 1.81 bits per heavy atom. The zero-order chi connectivity index (χ0) is 23.0. The predicted octanol–water partition coefficient (Wildman–Crippen LogP) is 4.06. The van der Waals surface area contributed by atoms with Crippen molar-refractivity contribution in [3.8, 4) is 0 Å². The third-order valence-corrected chi connectivity index (χ3v) is 9.21. The van der Waals surface area contributed by atoms with Gasteiger partial charge in [-0.15, -0.1) is 0 Å². The zero-order valence-electron chi connectivity index (χ0n) is 17.9. The Kier molecular flexibility index (Phi) is 6.77. The molecule has 2 aliphatic rings. The lowest BCUT2D eigenvalue weighted by molar-refractivity contribution is -0.137. The summed E-state index contributed by atoms with van der Waals surface area (Å²) in [7, 11) is -3.96. The van der Waals surface area contributed by atoms with Gasteiger partial charge >= 0.3 is 6.18 Å². The fourth-order valence-electron chi connectivity index (χ4n) is 4.78. The summed E-state index contributed by atoms with van der Waals surface area (Å²) < 4.78 is 63.9. The van der Waals surface area contributed by atoms with Gasteiger partial charge in [0.2, 0.25) is 5.91 Å². The molecule has 2 atom stereocenters. The van der Waals surface area contributed by atoms with Crippen LogP contribution in [0.3, 0.4) is 0 Å². The largest absolute Gasteiger partial charge is 0.416 e. The van der Waals surface area contributed by atoms with E-state index in [9.17, 15) is 26.4 Å². The van der Waals surface area contributed by atoms with E-state index in [0.29, 0.717) is 25.3 Å². The third-order valence-electron chi connectivity index (χ3n) is 6.72. The van der Waals surface area contributed by atoms with E-state index in [4.69, 9.17) is 5.73 Å². The van der Waals surface area contributed by atoms with Gasteiger partial charge < -0.3 is 11.1 Å². The maximum atomic E-state index is 13.1.